The lowest BCUT2D eigenvalue weighted by Gasteiger charge is -2.49. The zero-order valence-corrected chi connectivity index (χ0v) is 14.0. The Morgan fingerprint density at radius 1 is 1.14 bits per heavy atom. The van der Waals surface area contributed by atoms with E-state index in [0.29, 0.717) is 0 Å². The zero-order valence-electron chi connectivity index (χ0n) is 12.4. The van der Waals surface area contributed by atoms with E-state index in [0.717, 1.165) is 37.7 Å². The molecule has 0 radical (unpaired) electrons. The molecule has 0 aromatic heterocycles. The van der Waals surface area contributed by atoms with E-state index < -0.39 is 0 Å². The molecular formula is C16H24ClN3S. The molecule has 0 unspecified atom stereocenters. The SMILES string of the molecule is NCC1(N2CCN(c3cccc(Cl)c3)CC2)CCSCC1. The van der Waals surface area contributed by atoms with E-state index in [1.54, 1.807) is 0 Å². The quantitative estimate of drug-likeness (QED) is 0.926. The van der Waals surface area contributed by atoms with Crippen LogP contribution in [-0.4, -0.2) is 54.7 Å². The molecular weight excluding hydrogens is 302 g/mol. The Bertz CT molecular complexity index is 468. The molecule has 0 bridgehead atoms. The van der Waals surface area contributed by atoms with E-state index in [-0.39, 0.29) is 5.54 Å². The second kappa shape index (κ2) is 6.78. The average Bonchev–Trinajstić information content (AvgIpc) is 2.56. The van der Waals surface area contributed by atoms with Crippen LogP contribution in [0.5, 0.6) is 0 Å². The van der Waals surface area contributed by atoms with Gasteiger partial charge in [-0.25, -0.2) is 0 Å². The largest absolute Gasteiger partial charge is 0.369 e. The van der Waals surface area contributed by atoms with Crippen molar-refractivity contribution in [3.8, 4) is 0 Å². The van der Waals surface area contributed by atoms with Gasteiger partial charge in [0.15, 0.2) is 0 Å². The van der Waals surface area contributed by atoms with Crippen molar-refractivity contribution in [2.24, 2.45) is 5.73 Å². The van der Waals surface area contributed by atoms with Crippen LogP contribution in [-0.2, 0) is 0 Å². The van der Waals surface area contributed by atoms with Crippen LogP contribution in [0.15, 0.2) is 24.3 Å². The fourth-order valence-corrected chi connectivity index (χ4v) is 4.95. The van der Waals surface area contributed by atoms with Gasteiger partial charge in [0.25, 0.3) is 0 Å². The first-order valence-electron chi connectivity index (χ1n) is 7.77. The molecule has 116 valence electrons. The van der Waals surface area contributed by atoms with Crippen LogP contribution in [0.1, 0.15) is 12.8 Å². The minimum Gasteiger partial charge on any atom is -0.369 e. The Hall–Kier alpha value is -0.420. The second-order valence-corrected chi connectivity index (χ2v) is 7.66. The Kier molecular flexibility index (Phi) is 4.99. The molecule has 2 aliphatic heterocycles. The van der Waals surface area contributed by atoms with Gasteiger partial charge >= 0.3 is 0 Å². The van der Waals surface area contributed by atoms with Crippen LogP contribution in [0.4, 0.5) is 5.69 Å². The molecule has 5 heteroatoms. The summed E-state index contributed by atoms with van der Waals surface area (Å²) in [6.07, 6.45) is 2.48. The van der Waals surface area contributed by atoms with Crippen LogP contribution in [0.2, 0.25) is 5.02 Å². The van der Waals surface area contributed by atoms with Crippen molar-refractivity contribution >= 4 is 29.1 Å². The standard InChI is InChI=1S/C16H24ClN3S/c17-14-2-1-3-15(12-14)19-6-8-20(9-7-19)16(13-18)4-10-21-11-5-16/h1-3,12H,4-11,13,18H2. The number of piperazine rings is 1. The Morgan fingerprint density at radius 2 is 1.86 bits per heavy atom. The normalized spacial score (nSPS) is 23.2. The number of rotatable bonds is 3. The predicted molar refractivity (Wildman–Crippen MR) is 93.6 cm³/mol. The highest BCUT2D eigenvalue weighted by molar-refractivity contribution is 7.99. The molecule has 2 N–H and O–H groups in total. The second-order valence-electron chi connectivity index (χ2n) is 5.99. The van der Waals surface area contributed by atoms with E-state index in [9.17, 15) is 0 Å². The lowest BCUT2D eigenvalue weighted by Crippen LogP contribution is -2.61. The molecule has 2 aliphatic rings. The van der Waals surface area contributed by atoms with E-state index in [1.165, 1.54) is 30.0 Å². The van der Waals surface area contributed by atoms with Crippen molar-refractivity contribution in [1.29, 1.82) is 0 Å². The monoisotopic (exact) mass is 325 g/mol. The fraction of sp³-hybridized carbons (Fsp3) is 0.625. The van der Waals surface area contributed by atoms with E-state index in [2.05, 4.69) is 33.7 Å². The van der Waals surface area contributed by atoms with Crippen LogP contribution in [0, 0.1) is 0 Å². The summed E-state index contributed by atoms with van der Waals surface area (Å²) < 4.78 is 0. The molecule has 0 amide bonds. The van der Waals surface area contributed by atoms with Crippen LogP contribution >= 0.6 is 23.4 Å². The smallest absolute Gasteiger partial charge is 0.0426 e. The number of nitrogens with two attached hydrogens (primary N) is 1. The maximum absolute atomic E-state index is 6.15. The highest BCUT2D eigenvalue weighted by Crippen LogP contribution is 2.33. The predicted octanol–water partition coefficient (Wildman–Crippen LogP) is 2.69. The summed E-state index contributed by atoms with van der Waals surface area (Å²) in [5.41, 5.74) is 7.65. The molecule has 3 rings (SSSR count). The third-order valence-corrected chi connectivity index (χ3v) is 6.15. The van der Waals surface area contributed by atoms with Gasteiger partial charge in [0.05, 0.1) is 0 Å². The Labute approximate surface area is 136 Å². The number of benzene rings is 1. The van der Waals surface area contributed by atoms with Gasteiger partial charge in [0, 0.05) is 49.0 Å². The third kappa shape index (κ3) is 3.34. The molecule has 2 fully saturated rings. The first-order valence-corrected chi connectivity index (χ1v) is 9.30. The summed E-state index contributed by atoms with van der Waals surface area (Å²) >= 11 is 8.17. The molecule has 2 saturated heterocycles. The van der Waals surface area contributed by atoms with Crippen molar-refractivity contribution in [2.75, 3.05) is 49.1 Å². The third-order valence-electron chi connectivity index (χ3n) is 4.93. The number of anilines is 1. The summed E-state index contributed by atoms with van der Waals surface area (Å²) in [5.74, 6) is 2.51. The van der Waals surface area contributed by atoms with Gasteiger partial charge in [-0.2, -0.15) is 11.8 Å². The minimum absolute atomic E-state index is 0.256. The van der Waals surface area contributed by atoms with Crippen molar-refractivity contribution in [1.82, 2.24) is 4.90 Å². The summed E-state index contributed by atoms with van der Waals surface area (Å²) in [7, 11) is 0. The van der Waals surface area contributed by atoms with Gasteiger partial charge in [-0.1, -0.05) is 17.7 Å². The van der Waals surface area contributed by atoms with Crippen molar-refractivity contribution in [2.45, 2.75) is 18.4 Å². The minimum atomic E-state index is 0.256. The molecule has 0 atom stereocenters. The van der Waals surface area contributed by atoms with E-state index in [1.807, 2.05) is 12.1 Å². The van der Waals surface area contributed by atoms with Gasteiger partial charge in [0.2, 0.25) is 0 Å². The number of hydrogen-bond donors (Lipinski definition) is 1. The Morgan fingerprint density at radius 3 is 2.48 bits per heavy atom. The highest BCUT2D eigenvalue weighted by Gasteiger charge is 2.38. The molecule has 1 aromatic rings. The molecule has 21 heavy (non-hydrogen) atoms. The molecule has 1 aromatic carbocycles. The van der Waals surface area contributed by atoms with Gasteiger partial charge in [0.1, 0.15) is 0 Å². The average molecular weight is 326 g/mol. The first kappa shape index (κ1) is 15.5. The zero-order chi connectivity index (χ0) is 14.7. The topological polar surface area (TPSA) is 32.5 Å². The maximum atomic E-state index is 6.15. The first-order chi connectivity index (χ1) is 10.2. The summed E-state index contributed by atoms with van der Waals surface area (Å²) in [6.45, 7) is 5.14. The van der Waals surface area contributed by atoms with Gasteiger partial charge in [-0.05, 0) is 42.5 Å². The van der Waals surface area contributed by atoms with E-state index in [4.69, 9.17) is 17.3 Å². The highest BCUT2D eigenvalue weighted by atomic mass is 35.5. The van der Waals surface area contributed by atoms with E-state index >= 15 is 0 Å². The molecule has 0 saturated carbocycles. The van der Waals surface area contributed by atoms with Crippen LogP contribution < -0.4 is 10.6 Å². The van der Waals surface area contributed by atoms with Crippen LogP contribution in [0.3, 0.4) is 0 Å². The summed E-state index contributed by atoms with van der Waals surface area (Å²) in [6, 6.07) is 8.18. The Balaban J connectivity index is 1.64. The van der Waals surface area contributed by atoms with Crippen molar-refractivity contribution < 1.29 is 0 Å². The maximum Gasteiger partial charge on any atom is 0.0426 e. The summed E-state index contributed by atoms with van der Waals surface area (Å²) in [5, 5.41) is 0.817. The molecule has 3 nitrogen and oxygen atoms in total. The number of thioether (sulfide) groups is 1. The van der Waals surface area contributed by atoms with Crippen LogP contribution in [0.25, 0.3) is 0 Å². The van der Waals surface area contributed by atoms with Crippen molar-refractivity contribution in [3.05, 3.63) is 29.3 Å². The lowest BCUT2D eigenvalue weighted by molar-refractivity contribution is 0.0783. The van der Waals surface area contributed by atoms with Gasteiger partial charge in [-0.3, -0.25) is 4.90 Å². The van der Waals surface area contributed by atoms with Gasteiger partial charge < -0.3 is 10.6 Å². The molecule has 0 aliphatic carbocycles. The van der Waals surface area contributed by atoms with Gasteiger partial charge in [-0.15, -0.1) is 0 Å². The number of hydrogen-bond acceptors (Lipinski definition) is 4. The molecule has 2 heterocycles. The number of nitrogens with zero attached hydrogens (tertiary/aromatic N) is 2. The lowest BCUT2D eigenvalue weighted by atomic mass is 9.89. The molecule has 0 spiro atoms. The number of halogens is 1. The fourth-order valence-electron chi connectivity index (χ4n) is 3.51. The van der Waals surface area contributed by atoms with Crippen molar-refractivity contribution in [3.63, 3.8) is 0 Å². The summed E-state index contributed by atoms with van der Waals surface area (Å²) in [4.78, 5) is 5.08.